The van der Waals surface area contributed by atoms with Crippen molar-refractivity contribution < 1.29 is 9.32 Å². The van der Waals surface area contributed by atoms with E-state index in [0.717, 1.165) is 0 Å². The van der Waals surface area contributed by atoms with Crippen molar-refractivity contribution in [1.29, 1.82) is 0 Å². The first-order valence-corrected chi connectivity index (χ1v) is 6.93. The molecule has 0 radical (unpaired) electrons. The molecule has 1 aromatic carbocycles. The minimum atomic E-state index is -0.234. The summed E-state index contributed by atoms with van der Waals surface area (Å²) in [6.45, 7) is 6.01. The molecule has 112 valence electrons. The van der Waals surface area contributed by atoms with E-state index in [4.69, 9.17) is 10.3 Å². The number of nitrogens with two attached hydrogens (primary N) is 1. The van der Waals surface area contributed by atoms with Gasteiger partial charge in [0.15, 0.2) is 5.82 Å². The molecular weight excluding hydrogens is 268 g/mol. The first kappa shape index (κ1) is 15.2. The molecule has 2 rings (SSSR count). The predicted octanol–water partition coefficient (Wildman–Crippen LogP) is 2.21. The molecule has 0 spiro atoms. The predicted molar refractivity (Wildman–Crippen MR) is 80.5 cm³/mol. The van der Waals surface area contributed by atoms with Crippen LogP contribution in [0.15, 0.2) is 28.8 Å². The highest BCUT2D eigenvalue weighted by atomic mass is 16.5. The van der Waals surface area contributed by atoms with E-state index in [9.17, 15) is 4.79 Å². The fourth-order valence-electron chi connectivity index (χ4n) is 2.09. The SMILES string of the molecule is Cc1noc(-c2ccccc2NC(=O)C(CN)C(C)C)n1. The van der Waals surface area contributed by atoms with Crippen LogP contribution in [0.1, 0.15) is 19.7 Å². The number of aryl methyl sites for hydroxylation is 1. The zero-order valence-electron chi connectivity index (χ0n) is 12.5. The average molecular weight is 288 g/mol. The lowest BCUT2D eigenvalue weighted by molar-refractivity contribution is -0.120. The summed E-state index contributed by atoms with van der Waals surface area (Å²) >= 11 is 0. The van der Waals surface area contributed by atoms with Crippen LogP contribution in [0.4, 0.5) is 5.69 Å². The Balaban J connectivity index is 2.27. The van der Waals surface area contributed by atoms with Crippen LogP contribution in [0.25, 0.3) is 11.5 Å². The van der Waals surface area contributed by atoms with E-state index < -0.39 is 0 Å². The van der Waals surface area contributed by atoms with Gasteiger partial charge in [-0.1, -0.05) is 31.1 Å². The Kier molecular flexibility index (Phi) is 4.70. The van der Waals surface area contributed by atoms with Crippen molar-refractivity contribution in [2.75, 3.05) is 11.9 Å². The Morgan fingerprint density at radius 1 is 1.38 bits per heavy atom. The Bertz CT molecular complexity index is 622. The molecule has 21 heavy (non-hydrogen) atoms. The lowest BCUT2D eigenvalue weighted by Gasteiger charge is -2.19. The van der Waals surface area contributed by atoms with Crippen LogP contribution in [-0.4, -0.2) is 22.6 Å². The van der Waals surface area contributed by atoms with E-state index in [0.29, 0.717) is 29.5 Å². The number of hydrogen-bond acceptors (Lipinski definition) is 5. The third kappa shape index (κ3) is 3.46. The maximum absolute atomic E-state index is 12.3. The van der Waals surface area contributed by atoms with Crippen LogP contribution >= 0.6 is 0 Å². The summed E-state index contributed by atoms with van der Waals surface area (Å²) in [5.41, 5.74) is 7.02. The lowest BCUT2D eigenvalue weighted by atomic mass is 9.95. The zero-order valence-corrected chi connectivity index (χ0v) is 12.5. The molecule has 0 saturated heterocycles. The summed E-state index contributed by atoms with van der Waals surface area (Å²) in [5, 5.41) is 6.68. The Labute approximate surface area is 123 Å². The lowest BCUT2D eigenvalue weighted by Crippen LogP contribution is -2.33. The quantitative estimate of drug-likeness (QED) is 0.879. The molecule has 6 heteroatoms. The van der Waals surface area contributed by atoms with Crippen molar-refractivity contribution in [3.63, 3.8) is 0 Å². The van der Waals surface area contributed by atoms with Crippen molar-refractivity contribution in [1.82, 2.24) is 10.1 Å². The molecule has 6 nitrogen and oxygen atoms in total. The summed E-state index contributed by atoms with van der Waals surface area (Å²) in [6, 6.07) is 7.33. The second-order valence-corrected chi connectivity index (χ2v) is 5.27. The van der Waals surface area contributed by atoms with E-state index in [1.54, 1.807) is 13.0 Å². The molecule has 0 aliphatic rings. The van der Waals surface area contributed by atoms with Crippen LogP contribution in [0.5, 0.6) is 0 Å². The number of nitrogens with zero attached hydrogens (tertiary/aromatic N) is 2. The number of carbonyl (C=O) groups excluding carboxylic acids is 1. The summed E-state index contributed by atoms with van der Waals surface area (Å²) in [6.07, 6.45) is 0. The maximum atomic E-state index is 12.3. The summed E-state index contributed by atoms with van der Waals surface area (Å²) in [5.74, 6) is 0.775. The number of nitrogens with one attached hydrogen (secondary N) is 1. The number of carbonyl (C=O) groups is 1. The molecule has 1 aromatic heterocycles. The van der Waals surface area contributed by atoms with Crippen molar-refractivity contribution in [2.45, 2.75) is 20.8 Å². The molecule has 1 unspecified atom stereocenters. The number of benzene rings is 1. The van der Waals surface area contributed by atoms with Gasteiger partial charge >= 0.3 is 0 Å². The fraction of sp³-hybridized carbons (Fsp3) is 0.400. The first-order valence-electron chi connectivity index (χ1n) is 6.93. The van der Waals surface area contributed by atoms with Crippen molar-refractivity contribution in [3.8, 4) is 11.5 Å². The second-order valence-electron chi connectivity index (χ2n) is 5.27. The highest BCUT2D eigenvalue weighted by Crippen LogP contribution is 2.27. The minimum absolute atomic E-state index is 0.101. The number of amides is 1. The Morgan fingerprint density at radius 2 is 2.10 bits per heavy atom. The van der Waals surface area contributed by atoms with Gasteiger partial charge in [0.25, 0.3) is 5.89 Å². The van der Waals surface area contributed by atoms with Crippen molar-refractivity contribution in [2.24, 2.45) is 17.6 Å². The maximum Gasteiger partial charge on any atom is 0.260 e. The number of para-hydroxylation sites is 1. The first-order chi connectivity index (χ1) is 10.0. The molecule has 3 N–H and O–H groups in total. The van der Waals surface area contributed by atoms with Gasteiger partial charge in [-0.25, -0.2) is 0 Å². The molecule has 1 amide bonds. The monoisotopic (exact) mass is 288 g/mol. The molecule has 0 aliphatic carbocycles. The smallest absolute Gasteiger partial charge is 0.260 e. The van der Waals surface area contributed by atoms with E-state index >= 15 is 0 Å². The van der Waals surface area contributed by atoms with Crippen LogP contribution in [0.2, 0.25) is 0 Å². The number of anilines is 1. The van der Waals surface area contributed by atoms with Crippen LogP contribution in [0, 0.1) is 18.8 Å². The van der Waals surface area contributed by atoms with Gasteiger partial charge in [-0.3, -0.25) is 4.79 Å². The van der Waals surface area contributed by atoms with Crippen LogP contribution in [-0.2, 0) is 4.79 Å². The van der Waals surface area contributed by atoms with E-state index in [2.05, 4.69) is 15.5 Å². The zero-order chi connectivity index (χ0) is 15.4. The molecular formula is C15H20N4O2. The van der Waals surface area contributed by atoms with Gasteiger partial charge < -0.3 is 15.6 Å². The summed E-state index contributed by atoms with van der Waals surface area (Å²) in [7, 11) is 0. The number of aromatic nitrogens is 2. The van der Waals surface area contributed by atoms with Gasteiger partial charge in [-0.15, -0.1) is 0 Å². The highest BCUT2D eigenvalue weighted by Gasteiger charge is 2.22. The molecule has 2 aromatic rings. The van der Waals surface area contributed by atoms with E-state index in [1.807, 2.05) is 32.0 Å². The number of rotatable bonds is 5. The molecule has 0 saturated carbocycles. The largest absolute Gasteiger partial charge is 0.334 e. The molecule has 0 aliphatic heterocycles. The standard InChI is InChI=1S/C15H20N4O2/c1-9(2)12(8-16)14(20)18-13-7-5-4-6-11(13)15-17-10(3)19-21-15/h4-7,9,12H,8,16H2,1-3H3,(H,18,20). The Hall–Kier alpha value is -2.21. The number of hydrogen-bond donors (Lipinski definition) is 2. The summed E-state index contributed by atoms with van der Waals surface area (Å²) in [4.78, 5) is 16.5. The van der Waals surface area contributed by atoms with Gasteiger partial charge in [0.2, 0.25) is 5.91 Å². The molecule has 0 bridgehead atoms. The fourth-order valence-corrected chi connectivity index (χ4v) is 2.09. The molecule has 1 atom stereocenters. The second kappa shape index (κ2) is 6.49. The van der Waals surface area contributed by atoms with Gasteiger partial charge in [-0.2, -0.15) is 4.98 Å². The normalized spacial score (nSPS) is 12.4. The van der Waals surface area contributed by atoms with Gasteiger partial charge in [0, 0.05) is 6.54 Å². The summed E-state index contributed by atoms with van der Waals surface area (Å²) < 4.78 is 5.17. The van der Waals surface area contributed by atoms with Crippen LogP contribution < -0.4 is 11.1 Å². The third-order valence-corrected chi connectivity index (χ3v) is 3.34. The average Bonchev–Trinajstić information content (AvgIpc) is 2.86. The third-order valence-electron chi connectivity index (χ3n) is 3.34. The molecule has 0 fully saturated rings. The Morgan fingerprint density at radius 3 is 2.67 bits per heavy atom. The van der Waals surface area contributed by atoms with Gasteiger partial charge in [0.1, 0.15) is 0 Å². The van der Waals surface area contributed by atoms with Gasteiger partial charge in [-0.05, 0) is 25.0 Å². The van der Waals surface area contributed by atoms with E-state index in [-0.39, 0.29) is 17.7 Å². The van der Waals surface area contributed by atoms with Crippen molar-refractivity contribution >= 4 is 11.6 Å². The highest BCUT2D eigenvalue weighted by molar-refractivity contribution is 5.96. The topological polar surface area (TPSA) is 94.0 Å². The minimum Gasteiger partial charge on any atom is -0.334 e. The van der Waals surface area contributed by atoms with Crippen LogP contribution in [0.3, 0.4) is 0 Å². The van der Waals surface area contributed by atoms with Crippen molar-refractivity contribution in [3.05, 3.63) is 30.1 Å². The molecule has 1 heterocycles. The van der Waals surface area contributed by atoms with E-state index in [1.165, 1.54) is 0 Å². The van der Waals surface area contributed by atoms with Gasteiger partial charge in [0.05, 0.1) is 17.2 Å².